The number of Topliss-reactive ketones (excluding diaryl/α,β-unsaturated/α-hetero) is 1. The number of halogens is 1. The molecule has 0 bridgehead atoms. The molecule has 0 unspecified atom stereocenters. The fourth-order valence-electron chi connectivity index (χ4n) is 2.50. The highest BCUT2D eigenvalue weighted by Crippen LogP contribution is 2.37. The first-order valence-corrected chi connectivity index (χ1v) is 6.34. The Morgan fingerprint density at radius 3 is 2.61 bits per heavy atom. The molecule has 0 spiro atoms. The lowest BCUT2D eigenvalue weighted by Crippen LogP contribution is -2.30. The van der Waals surface area contributed by atoms with Crippen molar-refractivity contribution in [3.8, 4) is 0 Å². The number of carbonyl (C=O) groups excluding carboxylic acids is 2. The van der Waals surface area contributed by atoms with Crippen LogP contribution in [0.2, 0.25) is 5.02 Å². The number of carbonyl (C=O) groups is 2. The molecule has 18 heavy (non-hydrogen) atoms. The minimum Gasteiger partial charge on any atom is -0.469 e. The van der Waals surface area contributed by atoms with Crippen LogP contribution in [0.3, 0.4) is 0 Å². The molecule has 3 nitrogen and oxygen atoms in total. The fraction of sp³-hybridized carbons (Fsp3) is 0.429. The third kappa shape index (κ3) is 2.72. The first kappa shape index (κ1) is 13.1. The third-order valence-corrected chi connectivity index (χ3v) is 3.72. The van der Waals surface area contributed by atoms with E-state index in [-0.39, 0.29) is 23.6 Å². The van der Waals surface area contributed by atoms with E-state index >= 15 is 0 Å². The Hall–Kier alpha value is -1.35. The average molecular weight is 267 g/mol. The summed E-state index contributed by atoms with van der Waals surface area (Å²) in [6.07, 6.45) is 1.43. The molecule has 1 saturated carbocycles. The van der Waals surface area contributed by atoms with E-state index in [2.05, 4.69) is 0 Å². The second kappa shape index (κ2) is 5.53. The van der Waals surface area contributed by atoms with Crippen molar-refractivity contribution in [1.82, 2.24) is 0 Å². The maximum atomic E-state index is 11.8. The lowest BCUT2D eigenvalue weighted by Gasteiger charge is -2.29. The van der Waals surface area contributed by atoms with Gasteiger partial charge in [-0.05, 0) is 24.1 Å². The monoisotopic (exact) mass is 266 g/mol. The molecule has 0 heterocycles. The van der Waals surface area contributed by atoms with Gasteiger partial charge in [0.15, 0.2) is 0 Å². The fourth-order valence-corrected chi connectivity index (χ4v) is 2.63. The number of esters is 1. The standard InChI is InChI=1S/C14H15ClO3/c1-18-14(17)12-7-6-11(16)8-13(12)9-2-4-10(15)5-3-9/h2-5,12-13H,6-8H2,1H3/t12-,13+/m0/s1. The molecule has 1 aromatic carbocycles. The average Bonchev–Trinajstić information content (AvgIpc) is 2.38. The van der Waals surface area contributed by atoms with Gasteiger partial charge in [0.25, 0.3) is 0 Å². The summed E-state index contributed by atoms with van der Waals surface area (Å²) >= 11 is 5.85. The molecule has 96 valence electrons. The molecule has 0 saturated heterocycles. The second-order valence-electron chi connectivity index (χ2n) is 4.57. The summed E-state index contributed by atoms with van der Waals surface area (Å²) in [6, 6.07) is 7.32. The van der Waals surface area contributed by atoms with Gasteiger partial charge in [0.05, 0.1) is 13.0 Å². The van der Waals surface area contributed by atoms with Gasteiger partial charge in [-0.25, -0.2) is 0 Å². The van der Waals surface area contributed by atoms with Crippen LogP contribution in [0.1, 0.15) is 30.7 Å². The Kier molecular flexibility index (Phi) is 4.02. The van der Waals surface area contributed by atoms with E-state index in [4.69, 9.17) is 16.3 Å². The summed E-state index contributed by atoms with van der Waals surface area (Å²) in [6.45, 7) is 0. The number of benzene rings is 1. The molecule has 0 amide bonds. The largest absolute Gasteiger partial charge is 0.469 e. The van der Waals surface area contributed by atoms with Gasteiger partial charge in [-0.15, -0.1) is 0 Å². The molecular formula is C14H15ClO3. The minimum atomic E-state index is -0.234. The van der Waals surface area contributed by atoms with Crippen LogP contribution in [0.15, 0.2) is 24.3 Å². The van der Waals surface area contributed by atoms with Crippen molar-refractivity contribution >= 4 is 23.4 Å². The van der Waals surface area contributed by atoms with Gasteiger partial charge in [-0.1, -0.05) is 23.7 Å². The van der Waals surface area contributed by atoms with Crippen LogP contribution in [0.5, 0.6) is 0 Å². The zero-order valence-corrected chi connectivity index (χ0v) is 10.9. The Morgan fingerprint density at radius 1 is 1.33 bits per heavy atom. The van der Waals surface area contributed by atoms with Crippen molar-refractivity contribution in [2.24, 2.45) is 5.92 Å². The summed E-state index contributed by atoms with van der Waals surface area (Å²) in [5.41, 5.74) is 0.975. The molecule has 1 aromatic rings. The van der Waals surface area contributed by atoms with Gasteiger partial charge in [0.2, 0.25) is 0 Å². The highest BCUT2D eigenvalue weighted by atomic mass is 35.5. The summed E-state index contributed by atoms with van der Waals surface area (Å²) in [4.78, 5) is 23.4. The van der Waals surface area contributed by atoms with E-state index in [1.165, 1.54) is 7.11 Å². The summed E-state index contributed by atoms with van der Waals surface area (Å²) in [5, 5.41) is 0.649. The quantitative estimate of drug-likeness (QED) is 0.773. The van der Waals surface area contributed by atoms with Gasteiger partial charge in [0.1, 0.15) is 5.78 Å². The Bertz CT molecular complexity index is 453. The normalized spacial score (nSPS) is 23.8. The lowest BCUT2D eigenvalue weighted by atomic mass is 9.75. The smallest absolute Gasteiger partial charge is 0.309 e. The molecule has 1 aliphatic carbocycles. The van der Waals surface area contributed by atoms with Crippen molar-refractivity contribution in [3.63, 3.8) is 0 Å². The Morgan fingerprint density at radius 2 is 2.00 bits per heavy atom. The summed E-state index contributed by atoms with van der Waals surface area (Å²) in [5.74, 6) is -0.345. The van der Waals surface area contributed by atoms with Crippen molar-refractivity contribution in [1.29, 1.82) is 0 Å². The topological polar surface area (TPSA) is 43.4 Å². The zero-order chi connectivity index (χ0) is 13.1. The van der Waals surface area contributed by atoms with Crippen LogP contribution in [-0.4, -0.2) is 18.9 Å². The number of rotatable bonds is 2. The van der Waals surface area contributed by atoms with E-state index in [1.807, 2.05) is 12.1 Å². The minimum absolute atomic E-state index is 0.0871. The van der Waals surface area contributed by atoms with Gasteiger partial charge in [0, 0.05) is 23.8 Å². The van der Waals surface area contributed by atoms with Gasteiger partial charge >= 0.3 is 5.97 Å². The van der Waals surface area contributed by atoms with E-state index in [0.29, 0.717) is 24.3 Å². The van der Waals surface area contributed by atoms with E-state index in [9.17, 15) is 9.59 Å². The molecule has 2 atom stereocenters. The maximum Gasteiger partial charge on any atom is 0.309 e. The first-order chi connectivity index (χ1) is 8.61. The first-order valence-electron chi connectivity index (χ1n) is 5.97. The summed E-state index contributed by atoms with van der Waals surface area (Å²) in [7, 11) is 1.39. The zero-order valence-electron chi connectivity index (χ0n) is 10.2. The van der Waals surface area contributed by atoms with Crippen molar-refractivity contribution in [3.05, 3.63) is 34.9 Å². The van der Waals surface area contributed by atoms with Gasteiger partial charge in [-0.3, -0.25) is 9.59 Å². The van der Waals surface area contributed by atoms with Gasteiger partial charge in [-0.2, -0.15) is 0 Å². The molecule has 1 fully saturated rings. The molecular weight excluding hydrogens is 252 g/mol. The van der Waals surface area contributed by atoms with Crippen LogP contribution >= 0.6 is 11.6 Å². The van der Waals surface area contributed by atoms with Gasteiger partial charge < -0.3 is 4.74 Å². The number of methoxy groups -OCH3 is 1. The molecule has 0 aliphatic heterocycles. The van der Waals surface area contributed by atoms with Crippen LogP contribution in [0.4, 0.5) is 0 Å². The number of hydrogen-bond acceptors (Lipinski definition) is 3. The van der Waals surface area contributed by atoms with Crippen LogP contribution in [-0.2, 0) is 14.3 Å². The molecule has 0 N–H and O–H groups in total. The van der Waals surface area contributed by atoms with E-state index in [1.54, 1.807) is 12.1 Å². The molecule has 1 aliphatic rings. The maximum absolute atomic E-state index is 11.8. The lowest BCUT2D eigenvalue weighted by molar-refractivity contribution is -0.147. The number of ketones is 1. The van der Waals surface area contributed by atoms with Crippen molar-refractivity contribution in [2.75, 3.05) is 7.11 Å². The Labute approximate surface area is 111 Å². The Balaban J connectivity index is 2.27. The predicted molar refractivity (Wildman–Crippen MR) is 68.6 cm³/mol. The molecule has 0 radical (unpaired) electrons. The van der Waals surface area contributed by atoms with Crippen molar-refractivity contribution in [2.45, 2.75) is 25.2 Å². The highest BCUT2D eigenvalue weighted by Gasteiger charge is 2.35. The third-order valence-electron chi connectivity index (χ3n) is 3.47. The highest BCUT2D eigenvalue weighted by molar-refractivity contribution is 6.30. The van der Waals surface area contributed by atoms with Crippen LogP contribution in [0, 0.1) is 5.92 Å². The van der Waals surface area contributed by atoms with E-state index in [0.717, 1.165) is 5.56 Å². The number of ether oxygens (including phenoxy) is 1. The second-order valence-corrected chi connectivity index (χ2v) is 5.01. The number of hydrogen-bond donors (Lipinski definition) is 0. The molecule has 0 aromatic heterocycles. The van der Waals surface area contributed by atoms with E-state index < -0.39 is 0 Å². The summed E-state index contributed by atoms with van der Waals surface area (Å²) < 4.78 is 4.82. The molecule has 4 heteroatoms. The van der Waals surface area contributed by atoms with Crippen molar-refractivity contribution < 1.29 is 14.3 Å². The van der Waals surface area contributed by atoms with Crippen LogP contribution in [0.25, 0.3) is 0 Å². The predicted octanol–water partition coefficient (Wildman–Crippen LogP) is 2.97. The SMILES string of the molecule is COC(=O)[C@H]1CCC(=O)C[C@@H]1c1ccc(Cl)cc1. The molecule has 2 rings (SSSR count). The van der Waals surface area contributed by atoms with Crippen LogP contribution < -0.4 is 0 Å².